The fourth-order valence-corrected chi connectivity index (χ4v) is 2.71. The number of nitrogens with two attached hydrogens (primary N) is 1. The molecule has 1 unspecified atom stereocenters. The number of nitrogens with zero attached hydrogens (tertiary/aromatic N) is 2. The maximum absolute atomic E-state index is 6.06. The highest BCUT2D eigenvalue weighted by molar-refractivity contribution is 5.48. The van der Waals surface area contributed by atoms with E-state index >= 15 is 0 Å². The predicted molar refractivity (Wildman–Crippen MR) is 77.6 cm³/mol. The zero-order valence-electron chi connectivity index (χ0n) is 11.8. The molecule has 1 fully saturated rings. The van der Waals surface area contributed by atoms with Gasteiger partial charge in [-0.1, -0.05) is 24.6 Å². The van der Waals surface area contributed by atoms with Crippen molar-refractivity contribution in [2.45, 2.75) is 32.9 Å². The van der Waals surface area contributed by atoms with Gasteiger partial charge in [-0.15, -0.1) is 0 Å². The highest BCUT2D eigenvalue weighted by Gasteiger charge is 2.22. The number of hydrogen-bond acceptors (Lipinski definition) is 3. The molecule has 3 heteroatoms. The zero-order chi connectivity index (χ0) is 13.1. The lowest BCUT2D eigenvalue weighted by Crippen LogP contribution is -2.50. The van der Waals surface area contributed by atoms with E-state index < -0.39 is 0 Å². The van der Waals surface area contributed by atoms with Gasteiger partial charge in [-0.05, 0) is 32.0 Å². The Bertz CT molecular complexity index is 403. The van der Waals surface area contributed by atoms with Crippen LogP contribution in [0.4, 0.5) is 5.69 Å². The van der Waals surface area contributed by atoms with Gasteiger partial charge in [-0.3, -0.25) is 4.90 Å². The number of piperazine rings is 1. The van der Waals surface area contributed by atoms with Crippen molar-refractivity contribution >= 4 is 5.69 Å². The first-order chi connectivity index (χ1) is 8.60. The minimum Gasteiger partial charge on any atom is -0.398 e. The summed E-state index contributed by atoms with van der Waals surface area (Å²) in [5, 5.41) is 0. The number of aryl methyl sites for hydroxylation is 1. The van der Waals surface area contributed by atoms with E-state index in [0.717, 1.165) is 31.9 Å². The smallest absolute Gasteiger partial charge is 0.0359 e. The second-order valence-electron chi connectivity index (χ2n) is 5.48. The molecule has 0 saturated carbocycles. The summed E-state index contributed by atoms with van der Waals surface area (Å²) >= 11 is 0. The predicted octanol–water partition coefficient (Wildman–Crippen LogP) is 2.10. The van der Waals surface area contributed by atoms with Crippen LogP contribution in [-0.4, -0.2) is 42.5 Å². The largest absolute Gasteiger partial charge is 0.398 e. The fraction of sp³-hybridized carbons (Fsp3) is 0.600. The topological polar surface area (TPSA) is 32.5 Å². The first-order valence-corrected chi connectivity index (χ1v) is 6.87. The Labute approximate surface area is 111 Å². The van der Waals surface area contributed by atoms with Gasteiger partial charge in [0.1, 0.15) is 0 Å². The van der Waals surface area contributed by atoms with Gasteiger partial charge in [0, 0.05) is 37.9 Å². The van der Waals surface area contributed by atoms with E-state index in [-0.39, 0.29) is 0 Å². The van der Waals surface area contributed by atoms with Crippen LogP contribution in [0.5, 0.6) is 0 Å². The SMILES string of the molecule is CCC1CN(Cc2cc(C)ccc2N)CCN1C. The van der Waals surface area contributed by atoms with Crippen molar-refractivity contribution < 1.29 is 0 Å². The van der Waals surface area contributed by atoms with Gasteiger partial charge in [0.2, 0.25) is 0 Å². The van der Waals surface area contributed by atoms with Crippen molar-refractivity contribution in [2.75, 3.05) is 32.4 Å². The Morgan fingerprint density at radius 1 is 1.33 bits per heavy atom. The Morgan fingerprint density at radius 3 is 2.83 bits per heavy atom. The summed E-state index contributed by atoms with van der Waals surface area (Å²) < 4.78 is 0. The average Bonchev–Trinajstić information content (AvgIpc) is 2.36. The van der Waals surface area contributed by atoms with E-state index in [1.54, 1.807) is 0 Å². The van der Waals surface area contributed by atoms with Crippen LogP contribution in [0.2, 0.25) is 0 Å². The van der Waals surface area contributed by atoms with Crippen LogP contribution in [-0.2, 0) is 6.54 Å². The average molecular weight is 247 g/mol. The van der Waals surface area contributed by atoms with Crippen molar-refractivity contribution in [1.82, 2.24) is 9.80 Å². The lowest BCUT2D eigenvalue weighted by Gasteiger charge is -2.39. The molecule has 1 aromatic carbocycles. The van der Waals surface area contributed by atoms with Crippen LogP contribution < -0.4 is 5.73 Å². The summed E-state index contributed by atoms with van der Waals surface area (Å²) in [5.41, 5.74) is 9.55. The molecule has 0 amide bonds. The molecule has 0 aliphatic carbocycles. The van der Waals surface area contributed by atoms with Crippen molar-refractivity contribution in [3.63, 3.8) is 0 Å². The van der Waals surface area contributed by atoms with Crippen LogP contribution in [0, 0.1) is 6.92 Å². The van der Waals surface area contributed by atoms with E-state index in [9.17, 15) is 0 Å². The molecule has 18 heavy (non-hydrogen) atoms. The third-order valence-corrected chi connectivity index (χ3v) is 4.02. The molecule has 1 atom stereocenters. The summed E-state index contributed by atoms with van der Waals surface area (Å²) in [6.07, 6.45) is 1.22. The van der Waals surface area contributed by atoms with E-state index in [1.165, 1.54) is 17.5 Å². The molecule has 1 heterocycles. The molecule has 0 spiro atoms. The van der Waals surface area contributed by atoms with Gasteiger partial charge < -0.3 is 10.6 Å². The van der Waals surface area contributed by atoms with Crippen LogP contribution >= 0.6 is 0 Å². The molecule has 0 bridgehead atoms. The highest BCUT2D eigenvalue weighted by Crippen LogP contribution is 2.19. The molecule has 1 aromatic rings. The molecule has 1 saturated heterocycles. The van der Waals surface area contributed by atoms with Gasteiger partial charge >= 0.3 is 0 Å². The Hall–Kier alpha value is -1.06. The molecular formula is C15H25N3. The maximum Gasteiger partial charge on any atom is 0.0359 e. The molecule has 3 nitrogen and oxygen atoms in total. The first-order valence-electron chi connectivity index (χ1n) is 6.87. The van der Waals surface area contributed by atoms with Crippen molar-refractivity contribution in [2.24, 2.45) is 0 Å². The molecule has 1 aliphatic heterocycles. The quantitative estimate of drug-likeness (QED) is 0.830. The Balaban J connectivity index is 2.03. The lowest BCUT2D eigenvalue weighted by atomic mass is 10.1. The van der Waals surface area contributed by atoms with Crippen molar-refractivity contribution in [3.8, 4) is 0 Å². The monoisotopic (exact) mass is 247 g/mol. The summed E-state index contributed by atoms with van der Waals surface area (Å²) in [4.78, 5) is 5.00. The fourth-order valence-electron chi connectivity index (χ4n) is 2.71. The number of nitrogen functional groups attached to an aromatic ring is 1. The minimum atomic E-state index is 0.685. The molecular weight excluding hydrogens is 222 g/mol. The lowest BCUT2D eigenvalue weighted by molar-refractivity contribution is 0.0885. The molecule has 100 valence electrons. The normalized spacial score (nSPS) is 22.3. The van der Waals surface area contributed by atoms with Crippen LogP contribution in [0.1, 0.15) is 24.5 Å². The maximum atomic E-state index is 6.06. The minimum absolute atomic E-state index is 0.685. The summed E-state index contributed by atoms with van der Waals surface area (Å²) in [6.45, 7) is 8.83. The van der Waals surface area contributed by atoms with Gasteiger partial charge in [0.25, 0.3) is 0 Å². The van der Waals surface area contributed by atoms with Crippen molar-refractivity contribution in [3.05, 3.63) is 29.3 Å². The summed E-state index contributed by atoms with van der Waals surface area (Å²) in [5.74, 6) is 0. The number of hydrogen-bond donors (Lipinski definition) is 1. The Kier molecular flexibility index (Phi) is 4.25. The molecule has 2 N–H and O–H groups in total. The number of likely N-dealkylation sites (N-methyl/N-ethyl adjacent to an activating group) is 1. The first kappa shape index (κ1) is 13.4. The number of benzene rings is 1. The highest BCUT2D eigenvalue weighted by atomic mass is 15.3. The molecule has 2 rings (SSSR count). The standard InChI is InChI=1S/C15H25N3/c1-4-14-11-18(8-7-17(14)3)10-13-9-12(2)5-6-15(13)16/h5-6,9,14H,4,7-8,10-11,16H2,1-3H3. The van der Waals surface area contributed by atoms with E-state index in [1.807, 2.05) is 6.07 Å². The second kappa shape index (κ2) is 5.72. The third-order valence-electron chi connectivity index (χ3n) is 4.02. The molecule has 0 radical (unpaired) electrons. The van der Waals surface area contributed by atoms with Crippen LogP contribution in [0.15, 0.2) is 18.2 Å². The molecule has 0 aromatic heterocycles. The second-order valence-corrected chi connectivity index (χ2v) is 5.48. The van der Waals surface area contributed by atoms with Crippen LogP contribution in [0.25, 0.3) is 0 Å². The van der Waals surface area contributed by atoms with Gasteiger partial charge in [-0.2, -0.15) is 0 Å². The van der Waals surface area contributed by atoms with E-state index in [2.05, 4.69) is 42.8 Å². The van der Waals surface area contributed by atoms with E-state index in [4.69, 9.17) is 5.73 Å². The van der Waals surface area contributed by atoms with Gasteiger partial charge in [-0.25, -0.2) is 0 Å². The number of rotatable bonds is 3. The van der Waals surface area contributed by atoms with Crippen molar-refractivity contribution in [1.29, 1.82) is 0 Å². The summed E-state index contributed by atoms with van der Waals surface area (Å²) in [6, 6.07) is 7.01. The number of anilines is 1. The van der Waals surface area contributed by atoms with Gasteiger partial charge in [0.05, 0.1) is 0 Å². The van der Waals surface area contributed by atoms with E-state index in [0.29, 0.717) is 6.04 Å². The third kappa shape index (κ3) is 3.03. The molecule has 1 aliphatic rings. The Morgan fingerprint density at radius 2 is 2.11 bits per heavy atom. The van der Waals surface area contributed by atoms with Gasteiger partial charge in [0.15, 0.2) is 0 Å². The zero-order valence-corrected chi connectivity index (χ0v) is 11.8. The summed E-state index contributed by atoms with van der Waals surface area (Å²) in [7, 11) is 2.23. The van der Waals surface area contributed by atoms with Crippen LogP contribution in [0.3, 0.4) is 0 Å².